The molecule has 2 aromatic rings. The van der Waals surface area contributed by atoms with Crippen LogP contribution in [-0.2, 0) is 10.5 Å². The minimum atomic E-state index is -0.766. The second-order valence-corrected chi connectivity index (χ2v) is 5.79. The second kappa shape index (κ2) is 6.61. The van der Waals surface area contributed by atoms with Crippen molar-refractivity contribution in [2.45, 2.75) is 19.6 Å². The van der Waals surface area contributed by atoms with Gasteiger partial charge in [0, 0.05) is 17.1 Å². The molecule has 4 nitrogen and oxygen atoms in total. The number of carboxylic acids is 1. The van der Waals surface area contributed by atoms with Gasteiger partial charge in [-0.1, -0.05) is 24.6 Å². The molecule has 1 unspecified atom stereocenters. The van der Waals surface area contributed by atoms with E-state index in [4.69, 9.17) is 9.52 Å². The highest BCUT2D eigenvalue weighted by molar-refractivity contribution is 7.98. The minimum absolute atomic E-state index is 0.344. The van der Waals surface area contributed by atoms with Crippen LogP contribution in [0.1, 0.15) is 18.2 Å². The maximum absolute atomic E-state index is 10.7. The van der Waals surface area contributed by atoms with Crippen molar-refractivity contribution in [1.82, 2.24) is 4.98 Å². The van der Waals surface area contributed by atoms with Gasteiger partial charge in [0.05, 0.1) is 11.6 Å². The molecule has 1 aromatic heterocycles. The van der Waals surface area contributed by atoms with Crippen LogP contribution in [0.25, 0.3) is 11.5 Å². The molecular weight excluding hydrogens is 274 g/mol. The molecule has 0 aliphatic carbocycles. The van der Waals surface area contributed by atoms with Gasteiger partial charge in [0.25, 0.3) is 0 Å². The molecule has 0 amide bonds. The van der Waals surface area contributed by atoms with Crippen molar-refractivity contribution in [3.8, 4) is 11.5 Å². The molecule has 20 heavy (non-hydrogen) atoms. The van der Waals surface area contributed by atoms with Gasteiger partial charge in [0.15, 0.2) is 0 Å². The largest absolute Gasteiger partial charge is 0.481 e. The molecule has 0 aliphatic rings. The summed E-state index contributed by atoms with van der Waals surface area (Å²) in [5.41, 5.74) is 2.98. The van der Waals surface area contributed by atoms with Crippen LogP contribution in [0.15, 0.2) is 34.9 Å². The SMILES string of the molecule is Cc1ccc(-c2nc(CSCC(C)C(=O)O)co2)cc1. The fourth-order valence-corrected chi connectivity index (χ4v) is 2.57. The lowest BCUT2D eigenvalue weighted by molar-refractivity contribution is -0.140. The summed E-state index contributed by atoms with van der Waals surface area (Å²) in [5, 5.41) is 8.81. The summed E-state index contributed by atoms with van der Waals surface area (Å²) in [6.07, 6.45) is 1.63. The van der Waals surface area contributed by atoms with Crippen molar-refractivity contribution < 1.29 is 14.3 Å². The summed E-state index contributed by atoms with van der Waals surface area (Å²) in [6.45, 7) is 3.74. The van der Waals surface area contributed by atoms with Gasteiger partial charge in [-0.3, -0.25) is 4.79 Å². The van der Waals surface area contributed by atoms with Gasteiger partial charge in [-0.25, -0.2) is 4.98 Å². The number of carboxylic acid groups (broad SMARTS) is 1. The molecule has 0 spiro atoms. The summed E-state index contributed by atoms with van der Waals surface area (Å²) in [4.78, 5) is 15.1. The highest BCUT2D eigenvalue weighted by Crippen LogP contribution is 2.21. The molecule has 106 valence electrons. The monoisotopic (exact) mass is 291 g/mol. The Morgan fingerprint density at radius 1 is 1.40 bits per heavy atom. The summed E-state index contributed by atoms with van der Waals surface area (Å²) in [5.74, 6) is 0.725. The number of carbonyl (C=O) groups is 1. The second-order valence-electron chi connectivity index (χ2n) is 4.76. The van der Waals surface area contributed by atoms with E-state index >= 15 is 0 Å². The van der Waals surface area contributed by atoms with Crippen LogP contribution in [0.4, 0.5) is 0 Å². The Balaban J connectivity index is 1.92. The van der Waals surface area contributed by atoms with Crippen molar-refractivity contribution in [3.05, 3.63) is 41.8 Å². The van der Waals surface area contributed by atoms with E-state index in [0.29, 0.717) is 17.4 Å². The Bertz CT molecular complexity index is 577. The van der Waals surface area contributed by atoms with Crippen LogP contribution in [0.3, 0.4) is 0 Å². The summed E-state index contributed by atoms with van der Waals surface area (Å²) >= 11 is 1.55. The Labute approximate surface area is 122 Å². The number of aromatic nitrogens is 1. The molecule has 0 saturated carbocycles. The first kappa shape index (κ1) is 14.7. The fraction of sp³-hybridized carbons (Fsp3) is 0.333. The van der Waals surface area contributed by atoms with E-state index in [1.54, 1.807) is 24.9 Å². The number of oxazole rings is 1. The molecule has 1 N–H and O–H groups in total. The quantitative estimate of drug-likeness (QED) is 0.881. The van der Waals surface area contributed by atoms with Gasteiger partial charge in [0.2, 0.25) is 5.89 Å². The van der Waals surface area contributed by atoms with Gasteiger partial charge in [-0.2, -0.15) is 11.8 Å². The zero-order chi connectivity index (χ0) is 14.5. The Morgan fingerprint density at radius 2 is 2.10 bits per heavy atom. The molecule has 1 atom stereocenters. The molecule has 0 saturated heterocycles. The van der Waals surface area contributed by atoms with Crippen molar-refractivity contribution in [3.63, 3.8) is 0 Å². The van der Waals surface area contributed by atoms with E-state index in [1.807, 2.05) is 31.2 Å². The van der Waals surface area contributed by atoms with E-state index < -0.39 is 5.97 Å². The van der Waals surface area contributed by atoms with Gasteiger partial charge in [-0.15, -0.1) is 0 Å². The predicted octanol–water partition coefficient (Wildman–Crippen LogP) is 3.60. The molecule has 5 heteroatoms. The average molecular weight is 291 g/mol. The third kappa shape index (κ3) is 3.87. The number of nitrogens with zero attached hydrogens (tertiary/aromatic N) is 1. The minimum Gasteiger partial charge on any atom is -0.481 e. The van der Waals surface area contributed by atoms with E-state index in [2.05, 4.69) is 4.98 Å². The van der Waals surface area contributed by atoms with Crippen LogP contribution in [-0.4, -0.2) is 21.8 Å². The average Bonchev–Trinajstić information content (AvgIpc) is 2.88. The van der Waals surface area contributed by atoms with Crippen LogP contribution in [0.5, 0.6) is 0 Å². The van der Waals surface area contributed by atoms with Gasteiger partial charge in [0.1, 0.15) is 6.26 Å². The zero-order valence-electron chi connectivity index (χ0n) is 11.5. The van der Waals surface area contributed by atoms with Crippen LogP contribution in [0, 0.1) is 12.8 Å². The summed E-state index contributed by atoms with van der Waals surface area (Å²) in [6, 6.07) is 7.99. The van der Waals surface area contributed by atoms with Crippen molar-refractivity contribution in [2.75, 3.05) is 5.75 Å². The lowest BCUT2D eigenvalue weighted by Gasteiger charge is -2.03. The van der Waals surface area contributed by atoms with E-state index in [-0.39, 0.29) is 5.92 Å². The fourth-order valence-electron chi connectivity index (χ4n) is 1.61. The van der Waals surface area contributed by atoms with E-state index in [9.17, 15) is 4.79 Å². The number of benzene rings is 1. The third-order valence-electron chi connectivity index (χ3n) is 2.89. The molecular formula is C15H17NO3S. The number of aryl methyl sites for hydroxylation is 1. The zero-order valence-corrected chi connectivity index (χ0v) is 12.3. The number of hydrogen-bond donors (Lipinski definition) is 1. The molecule has 0 bridgehead atoms. The first-order valence-electron chi connectivity index (χ1n) is 6.38. The maximum Gasteiger partial charge on any atom is 0.307 e. The third-order valence-corrected chi connectivity index (χ3v) is 4.13. The topological polar surface area (TPSA) is 63.3 Å². The lowest BCUT2D eigenvalue weighted by Crippen LogP contribution is -2.11. The molecule has 1 aromatic carbocycles. The number of thioether (sulfide) groups is 1. The maximum atomic E-state index is 10.7. The highest BCUT2D eigenvalue weighted by atomic mass is 32.2. The van der Waals surface area contributed by atoms with Crippen LogP contribution < -0.4 is 0 Å². The molecule has 0 fully saturated rings. The van der Waals surface area contributed by atoms with Crippen molar-refractivity contribution in [1.29, 1.82) is 0 Å². The van der Waals surface area contributed by atoms with E-state index in [0.717, 1.165) is 11.3 Å². The van der Waals surface area contributed by atoms with Crippen LogP contribution in [0.2, 0.25) is 0 Å². The smallest absolute Gasteiger partial charge is 0.307 e. The predicted molar refractivity (Wildman–Crippen MR) is 79.6 cm³/mol. The molecule has 1 heterocycles. The van der Waals surface area contributed by atoms with Crippen molar-refractivity contribution >= 4 is 17.7 Å². The molecule has 2 rings (SSSR count). The highest BCUT2D eigenvalue weighted by Gasteiger charge is 2.12. The standard InChI is InChI=1S/C15H17NO3S/c1-10-3-5-12(6-4-10)14-16-13(7-19-14)9-20-8-11(2)15(17)18/h3-7,11H,8-9H2,1-2H3,(H,17,18). The number of aliphatic carboxylic acids is 1. The Kier molecular flexibility index (Phi) is 4.84. The first-order valence-corrected chi connectivity index (χ1v) is 7.53. The van der Waals surface area contributed by atoms with Gasteiger partial charge in [-0.05, 0) is 19.1 Å². The summed E-state index contributed by atoms with van der Waals surface area (Å²) in [7, 11) is 0. The number of hydrogen-bond acceptors (Lipinski definition) is 4. The molecule has 0 aliphatic heterocycles. The first-order chi connectivity index (χ1) is 9.56. The van der Waals surface area contributed by atoms with Gasteiger partial charge >= 0.3 is 5.97 Å². The van der Waals surface area contributed by atoms with E-state index in [1.165, 1.54) is 5.56 Å². The summed E-state index contributed by atoms with van der Waals surface area (Å²) < 4.78 is 5.45. The van der Waals surface area contributed by atoms with Gasteiger partial charge < -0.3 is 9.52 Å². The molecule has 0 radical (unpaired) electrons. The van der Waals surface area contributed by atoms with Crippen LogP contribution >= 0.6 is 11.8 Å². The Hall–Kier alpha value is -1.75. The van der Waals surface area contributed by atoms with Crippen molar-refractivity contribution in [2.24, 2.45) is 5.92 Å². The number of rotatable bonds is 6. The lowest BCUT2D eigenvalue weighted by atomic mass is 10.1. The Morgan fingerprint density at radius 3 is 2.75 bits per heavy atom. The normalized spacial score (nSPS) is 12.3.